The fourth-order valence-electron chi connectivity index (χ4n) is 3.92. The van der Waals surface area contributed by atoms with Gasteiger partial charge in [-0.2, -0.15) is 5.10 Å². The van der Waals surface area contributed by atoms with Gasteiger partial charge in [-0.25, -0.2) is 23.1 Å². The molecule has 1 saturated heterocycles. The number of hydrogen-bond acceptors (Lipinski definition) is 6. The van der Waals surface area contributed by atoms with Gasteiger partial charge in [0.2, 0.25) is 6.43 Å². The smallest absolute Gasteiger partial charge is 0.407 e. The number of carbonyl (C=O) groups is 1. The van der Waals surface area contributed by atoms with Gasteiger partial charge in [0.15, 0.2) is 0 Å². The van der Waals surface area contributed by atoms with Crippen LogP contribution in [0.2, 0.25) is 0 Å². The van der Waals surface area contributed by atoms with Crippen molar-refractivity contribution < 1.29 is 23.0 Å². The van der Waals surface area contributed by atoms with Crippen LogP contribution in [0.25, 0.3) is 16.8 Å². The number of amides is 1. The van der Waals surface area contributed by atoms with Crippen LogP contribution in [0.4, 0.5) is 19.3 Å². The lowest BCUT2D eigenvalue weighted by molar-refractivity contribution is 0.0523. The number of carbonyl (C=O) groups excluding carboxylic acids is 1. The van der Waals surface area contributed by atoms with Gasteiger partial charge in [0.05, 0.1) is 36.3 Å². The predicted octanol–water partition coefficient (Wildman–Crippen LogP) is 4.07. The number of benzene rings is 1. The van der Waals surface area contributed by atoms with Crippen LogP contribution in [-0.2, 0) is 22.4 Å². The van der Waals surface area contributed by atoms with E-state index in [0.717, 1.165) is 24.3 Å². The summed E-state index contributed by atoms with van der Waals surface area (Å²) >= 11 is 0. The second kappa shape index (κ2) is 9.92. The molecule has 1 aliphatic rings. The standard InChI is InChI=1S/C24H29F2N5O3/c1-24(2,3)34-23(32)27-13-17-5-4-16(10-18(17)11-21(25)26)22-20-12-19(14-31(20)29-15-28-22)30-6-8-33-9-7-30/h4-5,10,12,14-15,21H,6-9,11,13H2,1-3H3,(H,27,32). The summed E-state index contributed by atoms with van der Waals surface area (Å²) in [4.78, 5) is 18.7. The molecule has 3 heterocycles. The van der Waals surface area contributed by atoms with E-state index in [2.05, 4.69) is 20.3 Å². The molecule has 1 N–H and O–H groups in total. The third-order valence-corrected chi connectivity index (χ3v) is 5.44. The molecule has 0 aliphatic carbocycles. The molecule has 0 saturated carbocycles. The normalized spacial score (nSPS) is 14.6. The van der Waals surface area contributed by atoms with Crippen molar-refractivity contribution in [1.29, 1.82) is 0 Å². The molecule has 0 bridgehead atoms. The topological polar surface area (TPSA) is 81.0 Å². The zero-order valence-corrected chi connectivity index (χ0v) is 19.6. The number of morpholine rings is 1. The Morgan fingerprint density at radius 1 is 1.21 bits per heavy atom. The Kier molecular flexibility index (Phi) is 6.97. The number of ether oxygens (including phenoxy) is 2. The minimum absolute atomic E-state index is 0.0860. The summed E-state index contributed by atoms with van der Waals surface area (Å²) in [6.07, 6.45) is -0.162. The first-order valence-corrected chi connectivity index (χ1v) is 11.2. The number of fused-ring (bicyclic) bond motifs is 1. The van der Waals surface area contributed by atoms with Gasteiger partial charge < -0.3 is 19.7 Å². The lowest BCUT2D eigenvalue weighted by atomic mass is 9.99. The quantitative estimate of drug-likeness (QED) is 0.582. The summed E-state index contributed by atoms with van der Waals surface area (Å²) in [5.74, 6) is 0. The van der Waals surface area contributed by atoms with Gasteiger partial charge in [-0.15, -0.1) is 0 Å². The summed E-state index contributed by atoms with van der Waals surface area (Å²) in [7, 11) is 0. The average molecular weight is 474 g/mol. The molecule has 1 aliphatic heterocycles. The molecular formula is C24H29F2N5O3. The first-order chi connectivity index (χ1) is 16.2. The molecular weight excluding hydrogens is 444 g/mol. The van der Waals surface area contributed by atoms with Crippen LogP contribution < -0.4 is 10.2 Å². The Labute approximate surface area is 196 Å². The van der Waals surface area contributed by atoms with Crippen molar-refractivity contribution in [2.45, 2.75) is 45.8 Å². The second-order valence-electron chi connectivity index (χ2n) is 9.17. The number of halogens is 2. The lowest BCUT2D eigenvalue weighted by Gasteiger charge is -2.27. The van der Waals surface area contributed by atoms with E-state index in [4.69, 9.17) is 9.47 Å². The minimum Gasteiger partial charge on any atom is -0.444 e. The summed E-state index contributed by atoms with van der Waals surface area (Å²) < 4.78 is 39.1. The molecule has 0 unspecified atom stereocenters. The summed E-state index contributed by atoms with van der Waals surface area (Å²) in [6, 6.07) is 7.28. The van der Waals surface area contributed by atoms with Gasteiger partial charge in [-0.05, 0) is 44.0 Å². The predicted molar refractivity (Wildman–Crippen MR) is 124 cm³/mol. The Bertz CT molecular complexity index is 1150. The Morgan fingerprint density at radius 3 is 2.68 bits per heavy atom. The summed E-state index contributed by atoms with van der Waals surface area (Å²) in [6.45, 7) is 8.28. The second-order valence-corrected chi connectivity index (χ2v) is 9.17. The molecule has 8 nitrogen and oxygen atoms in total. The number of alkyl carbamates (subject to hydrolysis) is 1. The molecule has 182 valence electrons. The van der Waals surface area contributed by atoms with Gasteiger partial charge in [-0.3, -0.25) is 0 Å². The first-order valence-electron chi connectivity index (χ1n) is 11.2. The monoisotopic (exact) mass is 473 g/mol. The molecule has 10 heteroatoms. The number of nitrogens with one attached hydrogen (secondary N) is 1. The van der Waals surface area contributed by atoms with Crippen molar-refractivity contribution in [3.05, 3.63) is 47.9 Å². The average Bonchev–Trinajstić information content (AvgIpc) is 3.22. The highest BCUT2D eigenvalue weighted by atomic mass is 19.3. The molecule has 0 radical (unpaired) electrons. The number of anilines is 1. The maximum Gasteiger partial charge on any atom is 0.407 e. The maximum absolute atomic E-state index is 13.4. The van der Waals surface area contributed by atoms with Gasteiger partial charge in [0.25, 0.3) is 0 Å². The fourth-order valence-corrected chi connectivity index (χ4v) is 3.92. The zero-order chi connectivity index (χ0) is 24.3. The van der Waals surface area contributed by atoms with Crippen LogP contribution in [0, 0.1) is 0 Å². The van der Waals surface area contributed by atoms with Gasteiger partial charge in [0.1, 0.15) is 11.9 Å². The highest BCUT2D eigenvalue weighted by molar-refractivity contribution is 5.80. The zero-order valence-electron chi connectivity index (χ0n) is 19.6. The van der Waals surface area contributed by atoms with Crippen LogP contribution in [0.1, 0.15) is 31.9 Å². The van der Waals surface area contributed by atoms with Crippen molar-refractivity contribution in [2.24, 2.45) is 0 Å². The van der Waals surface area contributed by atoms with Crippen LogP contribution in [0.3, 0.4) is 0 Å². The highest BCUT2D eigenvalue weighted by Crippen LogP contribution is 2.29. The maximum atomic E-state index is 13.4. The first kappa shape index (κ1) is 23.9. The number of alkyl halides is 2. The molecule has 1 aromatic carbocycles. The minimum atomic E-state index is -2.53. The third-order valence-electron chi connectivity index (χ3n) is 5.44. The van der Waals surface area contributed by atoms with Crippen LogP contribution in [0.15, 0.2) is 36.8 Å². The van der Waals surface area contributed by atoms with E-state index < -0.39 is 24.5 Å². The Hall–Kier alpha value is -3.27. The van der Waals surface area contributed by atoms with Gasteiger partial charge in [0, 0.05) is 31.6 Å². The number of rotatable bonds is 6. The Balaban J connectivity index is 1.62. The van der Waals surface area contributed by atoms with E-state index in [9.17, 15) is 13.6 Å². The number of hydrogen-bond donors (Lipinski definition) is 1. The van der Waals surface area contributed by atoms with Crippen molar-refractivity contribution in [3.8, 4) is 11.3 Å². The van der Waals surface area contributed by atoms with E-state index in [-0.39, 0.29) is 6.54 Å². The third kappa shape index (κ3) is 5.80. The van der Waals surface area contributed by atoms with E-state index in [0.29, 0.717) is 35.6 Å². The molecule has 1 fully saturated rings. The van der Waals surface area contributed by atoms with Gasteiger partial charge in [-0.1, -0.05) is 12.1 Å². The molecule has 2 aromatic heterocycles. The number of aromatic nitrogens is 3. The SMILES string of the molecule is CC(C)(C)OC(=O)NCc1ccc(-c2ncnn3cc(N4CCOCC4)cc23)cc1CC(F)F. The van der Waals surface area contributed by atoms with E-state index in [1.165, 1.54) is 6.33 Å². The van der Waals surface area contributed by atoms with Crippen molar-refractivity contribution in [2.75, 3.05) is 31.2 Å². The summed E-state index contributed by atoms with van der Waals surface area (Å²) in [5, 5.41) is 6.96. The summed E-state index contributed by atoms with van der Waals surface area (Å²) in [5.41, 5.74) is 3.55. The molecule has 0 spiro atoms. The van der Waals surface area contributed by atoms with Gasteiger partial charge >= 0.3 is 6.09 Å². The molecule has 0 atom stereocenters. The highest BCUT2D eigenvalue weighted by Gasteiger charge is 2.19. The fraction of sp³-hybridized carbons (Fsp3) is 0.458. The molecule has 1 amide bonds. The lowest BCUT2D eigenvalue weighted by Crippen LogP contribution is -2.35. The van der Waals surface area contributed by atoms with Crippen LogP contribution in [0.5, 0.6) is 0 Å². The molecule has 4 rings (SSSR count). The van der Waals surface area contributed by atoms with E-state index >= 15 is 0 Å². The van der Waals surface area contributed by atoms with Crippen LogP contribution in [-0.4, -0.2) is 59.0 Å². The van der Waals surface area contributed by atoms with E-state index in [1.54, 1.807) is 37.4 Å². The molecule has 34 heavy (non-hydrogen) atoms. The largest absolute Gasteiger partial charge is 0.444 e. The van der Waals surface area contributed by atoms with Crippen molar-refractivity contribution >= 4 is 17.3 Å². The van der Waals surface area contributed by atoms with Crippen molar-refractivity contribution in [1.82, 2.24) is 19.9 Å². The number of nitrogens with zero attached hydrogens (tertiary/aromatic N) is 4. The van der Waals surface area contributed by atoms with Crippen LogP contribution >= 0.6 is 0 Å². The van der Waals surface area contributed by atoms with E-state index in [1.807, 2.05) is 18.3 Å². The Morgan fingerprint density at radius 2 is 1.97 bits per heavy atom. The molecule has 3 aromatic rings. The van der Waals surface area contributed by atoms with Crippen molar-refractivity contribution in [3.63, 3.8) is 0 Å².